The highest BCUT2D eigenvalue weighted by Crippen LogP contribution is 2.24. The molecule has 5 heteroatoms. The second-order valence-electron chi connectivity index (χ2n) is 4.68. The van der Waals surface area contributed by atoms with Crippen LogP contribution < -0.4 is 10.2 Å². The average Bonchev–Trinajstić information content (AvgIpc) is 2.30. The van der Waals surface area contributed by atoms with Gasteiger partial charge in [0, 0.05) is 37.2 Å². The minimum atomic E-state index is 0.252. The molecule has 0 fully saturated rings. The Morgan fingerprint density at radius 1 is 1.11 bits per heavy atom. The molecule has 0 atom stereocenters. The first-order chi connectivity index (χ1) is 8.95. The molecule has 0 amide bonds. The van der Waals surface area contributed by atoms with Crippen molar-refractivity contribution in [2.45, 2.75) is 13.8 Å². The largest absolute Gasteiger partial charge is 0.377 e. The Balaban J connectivity index is 2.30. The van der Waals surface area contributed by atoms with E-state index in [9.17, 15) is 0 Å². The number of anilines is 3. The molecule has 2 rings (SSSR count). The smallest absolute Gasteiger partial charge is 0.224 e. The molecule has 1 aromatic carbocycles. The third-order valence-electron chi connectivity index (χ3n) is 2.79. The van der Waals surface area contributed by atoms with Crippen LogP contribution >= 0.6 is 11.6 Å². The number of halogens is 1. The maximum atomic E-state index is 5.85. The highest BCUT2D eigenvalue weighted by atomic mass is 35.5. The normalized spacial score (nSPS) is 10.4. The summed E-state index contributed by atoms with van der Waals surface area (Å²) in [4.78, 5) is 10.3. The third kappa shape index (κ3) is 3.35. The summed E-state index contributed by atoms with van der Waals surface area (Å²) in [5, 5.41) is 3.50. The summed E-state index contributed by atoms with van der Waals surface area (Å²) in [6.45, 7) is 3.98. The van der Waals surface area contributed by atoms with Crippen LogP contribution in [0.15, 0.2) is 24.3 Å². The van der Waals surface area contributed by atoms with E-state index in [0.29, 0.717) is 5.82 Å². The van der Waals surface area contributed by atoms with Crippen LogP contribution in [0.1, 0.15) is 11.3 Å². The fourth-order valence-corrected chi connectivity index (χ4v) is 2.14. The van der Waals surface area contributed by atoms with Crippen LogP contribution in [0.4, 0.5) is 17.2 Å². The second-order valence-corrected chi connectivity index (χ2v) is 5.02. The number of nitrogens with zero attached hydrogens (tertiary/aromatic N) is 3. The average molecular weight is 277 g/mol. The molecule has 0 saturated carbocycles. The molecule has 0 bridgehead atoms. The van der Waals surface area contributed by atoms with Crippen LogP contribution in [-0.4, -0.2) is 24.1 Å². The van der Waals surface area contributed by atoms with Gasteiger partial charge < -0.3 is 10.2 Å². The SMILES string of the molecule is Cc1cc(Nc2ccc(C)c(N(C)C)c2)nc(Cl)n1. The van der Waals surface area contributed by atoms with Gasteiger partial charge >= 0.3 is 0 Å². The first-order valence-electron chi connectivity index (χ1n) is 6.02. The summed E-state index contributed by atoms with van der Waals surface area (Å²) in [5.74, 6) is 0.700. The molecule has 1 aromatic heterocycles. The summed E-state index contributed by atoms with van der Waals surface area (Å²) in [7, 11) is 4.05. The molecule has 0 unspecified atom stereocenters. The topological polar surface area (TPSA) is 41.0 Å². The Bertz CT molecular complexity index is 576. The summed E-state index contributed by atoms with van der Waals surface area (Å²) in [6, 6.07) is 8.04. The van der Waals surface area contributed by atoms with E-state index in [2.05, 4.69) is 39.2 Å². The Morgan fingerprint density at radius 2 is 1.84 bits per heavy atom. The lowest BCUT2D eigenvalue weighted by Crippen LogP contribution is -2.10. The van der Waals surface area contributed by atoms with Crippen molar-refractivity contribution in [1.82, 2.24) is 9.97 Å². The summed E-state index contributed by atoms with van der Waals surface area (Å²) >= 11 is 5.85. The van der Waals surface area contributed by atoms with E-state index in [-0.39, 0.29) is 5.28 Å². The molecule has 1 N–H and O–H groups in total. The first-order valence-corrected chi connectivity index (χ1v) is 6.39. The molecule has 2 aromatic rings. The Hall–Kier alpha value is -1.81. The van der Waals surface area contributed by atoms with Crippen LogP contribution in [0, 0.1) is 13.8 Å². The van der Waals surface area contributed by atoms with Crippen molar-refractivity contribution >= 4 is 28.8 Å². The molecule has 0 aliphatic carbocycles. The molecule has 100 valence electrons. The van der Waals surface area contributed by atoms with E-state index in [4.69, 9.17) is 11.6 Å². The van der Waals surface area contributed by atoms with Gasteiger partial charge in [-0.1, -0.05) is 6.07 Å². The molecule has 19 heavy (non-hydrogen) atoms. The number of benzene rings is 1. The van der Waals surface area contributed by atoms with E-state index < -0.39 is 0 Å². The number of rotatable bonds is 3. The lowest BCUT2D eigenvalue weighted by molar-refractivity contribution is 1.10. The van der Waals surface area contributed by atoms with Crippen LogP contribution in [0.2, 0.25) is 5.28 Å². The van der Waals surface area contributed by atoms with Crippen LogP contribution in [0.25, 0.3) is 0 Å². The molecule has 0 spiro atoms. The van der Waals surface area contributed by atoms with Gasteiger partial charge in [-0.2, -0.15) is 0 Å². The summed E-state index contributed by atoms with van der Waals surface area (Å²) in [5.41, 5.74) is 4.21. The van der Waals surface area contributed by atoms with Crippen molar-refractivity contribution in [2.24, 2.45) is 0 Å². The Labute approximate surface area is 118 Å². The van der Waals surface area contributed by atoms with Crippen molar-refractivity contribution in [3.8, 4) is 0 Å². The van der Waals surface area contributed by atoms with Gasteiger partial charge in [0.15, 0.2) is 0 Å². The van der Waals surface area contributed by atoms with Crippen molar-refractivity contribution in [1.29, 1.82) is 0 Å². The molecule has 1 heterocycles. The van der Waals surface area contributed by atoms with Gasteiger partial charge in [-0.25, -0.2) is 9.97 Å². The zero-order valence-corrected chi connectivity index (χ0v) is 12.3. The predicted molar refractivity (Wildman–Crippen MR) is 80.6 cm³/mol. The Morgan fingerprint density at radius 3 is 2.47 bits per heavy atom. The van der Waals surface area contributed by atoms with Gasteiger partial charge in [0.05, 0.1) is 0 Å². The second kappa shape index (κ2) is 5.45. The minimum Gasteiger partial charge on any atom is -0.377 e. The molecule has 0 saturated heterocycles. The van der Waals surface area contributed by atoms with Crippen molar-refractivity contribution in [2.75, 3.05) is 24.3 Å². The quantitative estimate of drug-likeness (QED) is 0.871. The predicted octanol–water partition coefficient (Wildman–Crippen LogP) is 3.56. The molecule has 0 radical (unpaired) electrons. The highest BCUT2D eigenvalue weighted by Gasteiger charge is 2.04. The number of nitrogens with one attached hydrogen (secondary N) is 1. The fraction of sp³-hybridized carbons (Fsp3) is 0.286. The van der Waals surface area contributed by atoms with Crippen LogP contribution in [0.3, 0.4) is 0 Å². The van der Waals surface area contributed by atoms with Gasteiger partial charge in [0.2, 0.25) is 5.28 Å². The lowest BCUT2D eigenvalue weighted by atomic mass is 10.1. The molecule has 4 nitrogen and oxygen atoms in total. The van der Waals surface area contributed by atoms with Gasteiger partial charge in [0.25, 0.3) is 0 Å². The molecular formula is C14H17ClN4. The van der Waals surface area contributed by atoms with E-state index in [1.165, 1.54) is 11.3 Å². The fourth-order valence-electron chi connectivity index (χ4n) is 1.91. The summed E-state index contributed by atoms with van der Waals surface area (Å²) < 4.78 is 0. The summed E-state index contributed by atoms with van der Waals surface area (Å²) in [6.07, 6.45) is 0. The van der Waals surface area contributed by atoms with Gasteiger partial charge in [-0.3, -0.25) is 0 Å². The van der Waals surface area contributed by atoms with Crippen LogP contribution in [0.5, 0.6) is 0 Å². The van der Waals surface area contributed by atoms with Gasteiger partial charge in [-0.05, 0) is 43.1 Å². The molecule has 0 aliphatic heterocycles. The standard InChI is InChI=1S/C14H17ClN4/c1-9-5-6-11(8-12(9)19(3)4)17-13-7-10(2)16-14(15)18-13/h5-8H,1-4H3,(H,16,17,18). The maximum absolute atomic E-state index is 5.85. The first kappa shape index (κ1) is 13.6. The monoisotopic (exact) mass is 276 g/mol. The molecular weight excluding hydrogens is 260 g/mol. The number of aryl methyl sites for hydroxylation is 2. The van der Waals surface area contributed by atoms with E-state index >= 15 is 0 Å². The Kier molecular flexibility index (Phi) is 3.90. The highest BCUT2D eigenvalue weighted by molar-refractivity contribution is 6.28. The van der Waals surface area contributed by atoms with Gasteiger partial charge in [-0.15, -0.1) is 0 Å². The third-order valence-corrected chi connectivity index (χ3v) is 2.96. The zero-order valence-electron chi connectivity index (χ0n) is 11.5. The molecule has 0 aliphatic rings. The van der Waals surface area contributed by atoms with Crippen molar-refractivity contribution < 1.29 is 0 Å². The number of aromatic nitrogens is 2. The van der Waals surface area contributed by atoms with E-state index in [0.717, 1.165) is 11.4 Å². The minimum absolute atomic E-state index is 0.252. The maximum Gasteiger partial charge on any atom is 0.224 e. The zero-order chi connectivity index (χ0) is 14.0. The van der Waals surface area contributed by atoms with Crippen LogP contribution in [-0.2, 0) is 0 Å². The van der Waals surface area contributed by atoms with Crippen molar-refractivity contribution in [3.63, 3.8) is 0 Å². The number of hydrogen-bond donors (Lipinski definition) is 1. The van der Waals surface area contributed by atoms with E-state index in [1.807, 2.05) is 33.2 Å². The van der Waals surface area contributed by atoms with Crippen molar-refractivity contribution in [3.05, 3.63) is 40.8 Å². The van der Waals surface area contributed by atoms with Gasteiger partial charge in [0.1, 0.15) is 5.82 Å². The van der Waals surface area contributed by atoms with E-state index in [1.54, 1.807) is 0 Å². The lowest BCUT2D eigenvalue weighted by Gasteiger charge is -2.17. The number of hydrogen-bond acceptors (Lipinski definition) is 4.